The molecule has 0 aliphatic rings. The molecule has 2 rings (SSSR count). The molecular formula is C9H7F3N2O2S. The number of hydrogen-bond donors (Lipinski definition) is 1. The van der Waals surface area contributed by atoms with Crippen molar-refractivity contribution in [3.8, 4) is 0 Å². The van der Waals surface area contributed by atoms with Crippen LogP contribution in [0.2, 0.25) is 0 Å². The average Bonchev–Trinajstić information content (AvgIpc) is 2.71. The topological polar surface area (TPSA) is 54.6 Å². The number of fused-ring (bicyclic) bond motifs is 1. The molecule has 0 atom stereocenters. The standard InChI is InChI=1S/C9H7F3N2O2S/c1-2-5-6(9(10,11)12)17-8-13-4(7(15)16)3-14(5)8/h3H,2H2,1H3,(H,15,16). The predicted molar refractivity (Wildman–Crippen MR) is 54.4 cm³/mol. The number of carbonyl (C=O) groups is 1. The first-order chi connectivity index (χ1) is 7.84. The molecule has 2 aromatic heterocycles. The fourth-order valence-electron chi connectivity index (χ4n) is 1.54. The lowest BCUT2D eigenvalue weighted by molar-refractivity contribution is -0.135. The molecule has 0 amide bonds. The summed E-state index contributed by atoms with van der Waals surface area (Å²) in [4.78, 5) is 13.6. The van der Waals surface area contributed by atoms with Crippen molar-refractivity contribution in [3.05, 3.63) is 22.5 Å². The highest BCUT2D eigenvalue weighted by Crippen LogP contribution is 2.38. The zero-order valence-electron chi connectivity index (χ0n) is 8.58. The second-order valence-corrected chi connectivity index (χ2v) is 4.29. The van der Waals surface area contributed by atoms with Crippen LogP contribution in [0.1, 0.15) is 28.0 Å². The molecule has 0 unspecified atom stereocenters. The number of hydrogen-bond acceptors (Lipinski definition) is 3. The Balaban J connectivity index is 2.67. The monoisotopic (exact) mass is 264 g/mol. The van der Waals surface area contributed by atoms with Crippen molar-refractivity contribution in [1.82, 2.24) is 9.38 Å². The Morgan fingerprint density at radius 3 is 2.71 bits per heavy atom. The van der Waals surface area contributed by atoms with Gasteiger partial charge in [0.2, 0.25) is 0 Å². The molecule has 0 spiro atoms. The van der Waals surface area contributed by atoms with Gasteiger partial charge in [0.25, 0.3) is 0 Å². The highest BCUT2D eigenvalue weighted by atomic mass is 32.1. The van der Waals surface area contributed by atoms with E-state index in [1.807, 2.05) is 0 Å². The SMILES string of the molecule is CCc1c(C(F)(F)F)sc2nc(C(=O)O)cn12. The number of rotatable bonds is 2. The van der Waals surface area contributed by atoms with Gasteiger partial charge in [-0.3, -0.25) is 4.40 Å². The molecule has 0 bridgehead atoms. The number of halogens is 3. The largest absolute Gasteiger partial charge is 0.476 e. The summed E-state index contributed by atoms with van der Waals surface area (Å²) in [7, 11) is 0. The second-order valence-electron chi connectivity index (χ2n) is 3.31. The first-order valence-electron chi connectivity index (χ1n) is 4.65. The van der Waals surface area contributed by atoms with Gasteiger partial charge in [-0.2, -0.15) is 13.2 Å². The summed E-state index contributed by atoms with van der Waals surface area (Å²) >= 11 is 0.457. The number of imidazole rings is 1. The summed E-state index contributed by atoms with van der Waals surface area (Å²) in [6.07, 6.45) is -3.16. The molecule has 0 aliphatic carbocycles. The minimum atomic E-state index is -4.43. The van der Waals surface area contributed by atoms with Crippen molar-refractivity contribution >= 4 is 22.3 Å². The third-order valence-corrected chi connectivity index (χ3v) is 3.37. The zero-order valence-corrected chi connectivity index (χ0v) is 9.39. The Bertz CT molecular complexity index is 585. The summed E-state index contributed by atoms with van der Waals surface area (Å²) in [5, 5.41) is 8.70. The maximum absolute atomic E-state index is 12.7. The first kappa shape index (κ1) is 11.9. The Labute approximate surface area is 97.3 Å². The molecule has 1 N–H and O–H groups in total. The molecule has 0 aromatic carbocycles. The Morgan fingerprint density at radius 2 is 2.24 bits per heavy atom. The third-order valence-electron chi connectivity index (χ3n) is 2.23. The van der Waals surface area contributed by atoms with Gasteiger partial charge >= 0.3 is 12.1 Å². The molecule has 2 heterocycles. The van der Waals surface area contributed by atoms with E-state index in [-0.39, 0.29) is 22.8 Å². The molecule has 0 aliphatic heterocycles. The molecule has 0 saturated carbocycles. The van der Waals surface area contributed by atoms with Gasteiger partial charge in [0.15, 0.2) is 10.7 Å². The van der Waals surface area contributed by atoms with E-state index in [1.165, 1.54) is 4.40 Å². The van der Waals surface area contributed by atoms with E-state index in [1.54, 1.807) is 6.92 Å². The molecule has 92 valence electrons. The molecule has 17 heavy (non-hydrogen) atoms. The van der Waals surface area contributed by atoms with E-state index in [2.05, 4.69) is 4.98 Å². The van der Waals surface area contributed by atoms with E-state index < -0.39 is 17.0 Å². The van der Waals surface area contributed by atoms with E-state index in [9.17, 15) is 18.0 Å². The van der Waals surface area contributed by atoms with Gasteiger partial charge in [0, 0.05) is 11.9 Å². The summed E-state index contributed by atoms with van der Waals surface area (Å²) in [6.45, 7) is 1.58. The van der Waals surface area contributed by atoms with Gasteiger partial charge in [-0.25, -0.2) is 9.78 Å². The highest BCUT2D eigenvalue weighted by Gasteiger charge is 2.37. The van der Waals surface area contributed by atoms with Crippen molar-refractivity contribution in [2.75, 3.05) is 0 Å². The van der Waals surface area contributed by atoms with Crippen LogP contribution < -0.4 is 0 Å². The number of aryl methyl sites for hydroxylation is 1. The first-order valence-corrected chi connectivity index (χ1v) is 5.47. The average molecular weight is 264 g/mol. The van der Waals surface area contributed by atoms with Crippen LogP contribution in [-0.4, -0.2) is 20.5 Å². The van der Waals surface area contributed by atoms with Crippen LogP contribution in [-0.2, 0) is 12.6 Å². The van der Waals surface area contributed by atoms with Gasteiger partial charge in [-0.15, -0.1) is 0 Å². The molecule has 0 radical (unpaired) electrons. The molecule has 2 aromatic rings. The van der Waals surface area contributed by atoms with Gasteiger partial charge in [-0.1, -0.05) is 18.3 Å². The summed E-state index contributed by atoms with van der Waals surface area (Å²) < 4.78 is 39.2. The second kappa shape index (κ2) is 3.73. The van der Waals surface area contributed by atoms with Crippen LogP contribution in [0.3, 0.4) is 0 Å². The Hall–Kier alpha value is -1.57. The van der Waals surface area contributed by atoms with Crippen LogP contribution in [0.5, 0.6) is 0 Å². The summed E-state index contributed by atoms with van der Waals surface area (Å²) in [6, 6.07) is 0. The number of carboxylic acid groups (broad SMARTS) is 1. The van der Waals surface area contributed by atoms with E-state index in [4.69, 9.17) is 5.11 Å². The van der Waals surface area contributed by atoms with Crippen molar-refractivity contribution in [1.29, 1.82) is 0 Å². The minimum absolute atomic E-state index is 0.0394. The van der Waals surface area contributed by atoms with Gasteiger partial charge in [-0.05, 0) is 6.42 Å². The lowest BCUT2D eigenvalue weighted by Crippen LogP contribution is -2.07. The quantitative estimate of drug-likeness (QED) is 0.907. The number of carboxylic acids is 1. The third kappa shape index (κ3) is 1.88. The van der Waals surface area contributed by atoms with Crippen LogP contribution >= 0.6 is 11.3 Å². The normalized spacial score (nSPS) is 12.2. The number of aromatic carboxylic acids is 1. The van der Waals surface area contributed by atoms with Gasteiger partial charge < -0.3 is 5.11 Å². The minimum Gasteiger partial charge on any atom is -0.476 e. The fraction of sp³-hybridized carbons (Fsp3) is 0.333. The molecule has 0 fully saturated rings. The maximum Gasteiger partial charge on any atom is 0.427 e. The van der Waals surface area contributed by atoms with Crippen molar-refractivity contribution < 1.29 is 23.1 Å². The number of nitrogens with zero attached hydrogens (tertiary/aromatic N) is 2. The van der Waals surface area contributed by atoms with Crippen molar-refractivity contribution in [2.24, 2.45) is 0 Å². The molecule has 8 heteroatoms. The molecule has 4 nitrogen and oxygen atoms in total. The Kier molecular flexibility index (Phi) is 2.61. The molecular weight excluding hydrogens is 257 g/mol. The van der Waals surface area contributed by atoms with Crippen LogP contribution in [0, 0.1) is 0 Å². The van der Waals surface area contributed by atoms with Crippen molar-refractivity contribution in [2.45, 2.75) is 19.5 Å². The molecule has 0 saturated heterocycles. The summed E-state index contributed by atoms with van der Waals surface area (Å²) in [5.74, 6) is -1.25. The van der Waals surface area contributed by atoms with Crippen LogP contribution in [0.4, 0.5) is 13.2 Å². The smallest absolute Gasteiger partial charge is 0.427 e. The highest BCUT2D eigenvalue weighted by molar-refractivity contribution is 7.17. The predicted octanol–water partition coefficient (Wildman–Crippen LogP) is 2.68. The fourth-order valence-corrected chi connectivity index (χ4v) is 2.61. The van der Waals surface area contributed by atoms with Gasteiger partial charge in [0.05, 0.1) is 0 Å². The number of aromatic nitrogens is 2. The lowest BCUT2D eigenvalue weighted by atomic mass is 10.3. The van der Waals surface area contributed by atoms with Crippen LogP contribution in [0.25, 0.3) is 4.96 Å². The maximum atomic E-state index is 12.7. The Morgan fingerprint density at radius 1 is 1.59 bits per heavy atom. The zero-order chi connectivity index (χ0) is 12.8. The van der Waals surface area contributed by atoms with E-state index in [0.717, 1.165) is 6.20 Å². The van der Waals surface area contributed by atoms with E-state index in [0.29, 0.717) is 11.3 Å². The lowest BCUT2D eigenvalue weighted by Gasteiger charge is -2.05. The van der Waals surface area contributed by atoms with Crippen molar-refractivity contribution in [3.63, 3.8) is 0 Å². The van der Waals surface area contributed by atoms with E-state index >= 15 is 0 Å². The number of alkyl halides is 3. The summed E-state index contributed by atoms with van der Waals surface area (Å²) in [5.41, 5.74) is -0.211. The van der Waals surface area contributed by atoms with Crippen LogP contribution in [0.15, 0.2) is 6.20 Å². The number of thiazole rings is 1. The van der Waals surface area contributed by atoms with Gasteiger partial charge in [0.1, 0.15) is 4.88 Å².